The molecular weight excluding hydrogens is 550 g/mol. The SMILES string of the molecule is COc1ccc(S(=O)(=O)N(CC(=O)NCCc2ccc(S(=O)(=O)N3CCCC3)cc2)Cc2ccccc2)cc1C. The van der Waals surface area contributed by atoms with E-state index in [4.69, 9.17) is 4.74 Å². The van der Waals surface area contributed by atoms with Crippen LogP contribution in [-0.4, -0.2) is 64.6 Å². The van der Waals surface area contributed by atoms with Gasteiger partial charge in [-0.2, -0.15) is 8.61 Å². The van der Waals surface area contributed by atoms with Crippen molar-refractivity contribution in [1.82, 2.24) is 13.9 Å². The number of nitrogens with one attached hydrogen (secondary N) is 1. The first-order valence-electron chi connectivity index (χ1n) is 13.2. The van der Waals surface area contributed by atoms with Crippen LogP contribution in [0.4, 0.5) is 0 Å². The fraction of sp³-hybridized carbons (Fsp3) is 0.345. The minimum atomic E-state index is -3.99. The van der Waals surface area contributed by atoms with Gasteiger partial charge in [-0.25, -0.2) is 16.8 Å². The number of carbonyl (C=O) groups is 1. The normalized spacial score (nSPS) is 14.4. The van der Waals surface area contributed by atoms with E-state index >= 15 is 0 Å². The van der Waals surface area contributed by atoms with Crippen LogP contribution in [0.5, 0.6) is 5.75 Å². The summed E-state index contributed by atoms with van der Waals surface area (Å²) in [6.45, 7) is 2.82. The highest BCUT2D eigenvalue weighted by Gasteiger charge is 2.28. The Balaban J connectivity index is 1.41. The lowest BCUT2D eigenvalue weighted by Crippen LogP contribution is -2.40. The summed E-state index contributed by atoms with van der Waals surface area (Å²) in [5.41, 5.74) is 2.29. The molecule has 1 amide bonds. The maximum absolute atomic E-state index is 13.6. The molecule has 3 aromatic rings. The Morgan fingerprint density at radius 1 is 0.900 bits per heavy atom. The zero-order chi connectivity index (χ0) is 28.8. The minimum Gasteiger partial charge on any atom is -0.496 e. The summed E-state index contributed by atoms with van der Waals surface area (Å²) in [4.78, 5) is 13.2. The van der Waals surface area contributed by atoms with Crippen molar-refractivity contribution in [3.63, 3.8) is 0 Å². The van der Waals surface area contributed by atoms with Crippen molar-refractivity contribution < 1.29 is 26.4 Å². The summed E-state index contributed by atoms with van der Waals surface area (Å²) < 4.78 is 60.5. The molecule has 9 nitrogen and oxygen atoms in total. The van der Waals surface area contributed by atoms with Crippen molar-refractivity contribution in [3.8, 4) is 5.75 Å². The molecule has 1 heterocycles. The van der Waals surface area contributed by atoms with Gasteiger partial charge in [0.1, 0.15) is 5.75 Å². The van der Waals surface area contributed by atoms with E-state index in [2.05, 4.69) is 5.32 Å². The van der Waals surface area contributed by atoms with E-state index in [1.54, 1.807) is 37.3 Å². The quantitative estimate of drug-likeness (QED) is 0.349. The number of hydrogen-bond acceptors (Lipinski definition) is 6. The molecule has 214 valence electrons. The molecule has 1 saturated heterocycles. The van der Waals surface area contributed by atoms with Gasteiger partial charge in [-0.1, -0.05) is 42.5 Å². The number of ether oxygens (including phenoxy) is 1. The topological polar surface area (TPSA) is 113 Å². The van der Waals surface area contributed by atoms with Gasteiger partial charge in [0.15, 0.2) is 0 Å². The largest absolute Gasteiger partial charge is 0.496 e. The average Bonchev–Trinajstić information content (AvgIpc) is 3.50. The van der Waals surface area contributed by atoms with Gasteiger partial charge in [-0.15, -0.1) is 0 Å². The summed E-state index contributed by atoms with van der Waals surface area (Å²) in [5, 5.41) is 2.80. The van der Waals surface area contributed by atoms with Gasteiger partial charge in [0.25, 0.3) is 0 Å². The molecule has 1 fully saturated rings. The summed E-state index contributed by atoms with van der Waals surface area (Å²) in [6.07, 6.45) is 2.22. The molecule has 0 aliphatic carbocycles. The molecule has 0 saturated carbocycles. The fourth-order valence-corrected chi connectivity index (χ4v) is 7.63. The molecule has 0 spiro atoms. The Bertz CT molecular complexity index is 1520. The summed E-state index contributed by atoms with van der Waals surface area (Å²) >= 11 is 0. The van der Waals surface area contributed by atoms with Gasteiger partial charge >= 0.3 is 0 Å². The average molecular weight is 586 g/mol. The first kappa shape index (κ1) is 29.7. The van der Waals surface area contributed by atoms with Gasteiger partial charge in [0.2, 0.25) is 26.0 Å². The van der Waals surface area contributed by atoms with Crippen LogP contribution in [0.2, 0.25) is 0 Å². The third-order valence-corrected chi connectivity index (χ3v) is 10.6. The van der Waals surface area contributed by atoms with Crippen molar-refractivity contribution in [1.29, 1.82) is 0 Å². The molecule has 1 N–H and O–H groups in total. The molecule has 4 rings (SSSR count). The number of nitrogens with zero attached hydrogens (tertiary/aromatic N) is 2. The molecule has 1 aliphatic heterocycles. The minimum absolute atomic E-state index is 0.0363. The number of benzene rings is 3. The van der Waals surface area contributed by atoms with Crippen molar-refractivity contribution in [2.75, 3.05) is 33.3 Å². The zero-order valence-electron chi connectivity index (χ0n) is 22.7. The van der Waals surface area contributed by atoms with E-state index in [1.165, 1.54) is 23.5 Å². The second-order valence-electron chi connectivity index (χ2n) is 9.75. The number of amides is 1. The van der Waals surface area contributed by atoms with Crippen LogP contribution in [-0.2, 0) is 37.8 Å². The lowest BCUT2D eigenvalue weighted by molar-refractivity contribution is -0.121. The summed E-state index contributed by atoms with van der Waals surface area (Å²) in [5.74, 6) is 0.144. The van der Waals surface area contributed by atoms with E-state index < -0.39 is 26.0 Å². The van der Waals surface area contributed by atoms with Gasteiger partial charge in [0.05, 0.1) is 23.4 Å². The summed E-state index contributed by atoms with van der Waals surface area (Å²) in [7, 11) is -5.95. The number of carbonyl (C=O) groups excluding carboxylic acids is 1. The predicted octanol–water partition coefficient (Wildman–Crippen LogP) is 3.34. The van der Waals surface area contributed by atoms with Crippen molar-refractivity contribution in [2.24, 2.45) is 0 Å². The highest BCUT2D eigenvalue weighted by Crippen LogP contribution is 2.25. The van der Waals surface area contributed by atoms with Crippen LogP contribution < -0.4 is 10.1 Å². The van der Waals surface area contributed by atoms with Gasteiger partial charge in [0, 0.05) is 26.2 Å². The monoisotopic (exact) mass is 585 g/mol. The zero-order valence-corrected chi connectivity index (χ0v) is 24.4. The van der Waals surface area contributed by atoms with E-state index in [0.29, 0.717) is 30.8 Å². The standard InChI is InChI=1S/C29H35N3O6S2/c1-23-20-27(14-15-28(23)38-2)40(36,37)32(21-25-8-4-3-5-9-25)22-29(33)30-17-16-24-10-12-26(13-11-24)39(34,35)31-18-6-7-19-31/h3-5,8-15,20H,6-7,16-19,21-22H2,1-2H3,(H,30,33). The van der Waals surface area contributed by atoms with Gasteiger partial charge in [-0.05, 0) is 73.2 Å². The molecule has 11 heteroatoms. The maximum atomic E-state index is 13.6. The van der Waals surface area contributed by atoms with Gasteiger partial charge < -0.3 is 10.1 Å². The van der Waals surface area contributed by atoms with Crippen LogP contribution in [0.1, 0.15) is 29.5 Å². The fourth-order valence-electron chi connectivity index (χ4n) is 4.64. The van der Waals surface area contributed by atoms with Crippen LogP contribution in [0.15, 0.2) is 82.6 Å². The number of methoxy groups -OCH3 is 1. The van der Waals surface area contributed by atoms with E-state index in [1.807, 2.05) is 30.3 Å². The van der Waals surface area contributed by atoms with Crippen molar-refractivity contribution in [2.45, 2.75) is 42.5 Å². The predicted molar refractivity (Wildman–Crippen MR) is 153 cm³/mol. The number of rotatable bonds is 12. The molecule has 0 atom stereocenters. The number of sulfonamides is 2. The van der Waals surface area contributed by atoms with E-state index in [-0.39, 0.29) is 29.4 Å². The molecule has 0 unspecified atom stereocenters. The van der Waals surface area contributed by atoms with Crippen LogP contribution in [0.3, 0.4) is 0 Å². The molecule has 40 heavy (non-hydrogen) atoms. The Kier molecular flexibility index (Phi) is 9.62. The van der Waals surface area contributed by atoms with Crippen molar-refractivity contribution in [3.05, 3.63) is 89.5 Å². The van der Waals surface area contributed by atoms with Crippen LogP contribution >= 0.6 is 0 Å². The number of hydrogen-bond donors (Lipinski definition) is 1. The highest BCUT2D eigenvalue weighted by molar-refractivity contribution is 7.89. The van der Waals surface area contributed by atoms with Crippen LogP contribution in [0.25, 0.3) is 0 Å². The smallest absolute Gasteiger partial charge is 0.243 e. The first-order chi connectivity index (χ1) is 19.1. The third kappa shape index (κ3) is 7.08. The highest BCUT2D eigenvalue weighted by atomic mass is 32.2. The first-order valence-corrected chi connectivity index (χ1v) is 16.0. The lowest BCUT2D eigenvalue weighted by atomic mass is 10.1. The Morgan fingerprint density at radius 2 is 1.55 bits per heavy atom. The Hall–Kier alpha value is -3.25. The summed E-state index contributed by atoms with van der Waals surface area (Å²) in [6, 6.07) is 20.4. The number of aryl methyl sites for hydroxylation is 1. The lowest BCUT2D eigenvalue weighted by Gasteiger charge is -2.22. The Labute approximate surface area is 236 Å². The molecule has 3 aromatic carbocycles. The molecule has 0 radical (unpaired) electrons. The van der Waals surface area contributed by atoms with E-state index in [9.17, 15) is 21.6 Å². The second kappa shape index (κ2) is 12.9. The van der Waals surface area contributed by atoms with E-state index in [0.717, 1.165) is 28.3 Å². The van der Waals surface area contributed by atoms with Gasteiger partial charge in [-0.3, -0.25) is 4.79 Å². The molecular formula is C29H35N3O6S2. The Morgan fingerprint density at radius 3 is 2.17 bits per heavy atom. The molecule has 0 bridgehead atoms. The second-order valence-corrected chi connectivity index (χ2v) is 13.6. The third-order valence-electron chi connectivity index (χ3n) is 6.89. The van der Waals surface area contributed by atoms with Crippen LogP contribution in [0, 0.1) is 6.92 Å². The molecule has 1 aliphatic rings. The van der Waals surface area contributed by atoms with Crippen molar-refractivity contribution >= 4 is 26.0 Å². The molecule has 0 aromatic heterocycles. The maximum Gasteiger partial charge on any atom is 0.243 e.